The van der Waals surface area contributed by atoms with Crippen molar-refractivity contribution in [2.45, 2.75) is 52.1 Å². The molecule has 1 fully saturated rings. The molecule has 1 saturated carbocycles. The van der Waals surface area contributed by atoms with Crippen LogP contribution in [-0.4, -0.2) is 33.6 Å². The van der Waals surface area contributed by atoms with Crippen LogP contribution in [0.2, 0.25) is 0 Å². The monoisotopic (exact) mass is 306 g/mol. The quantitative estimate of drug-likeness (QED) is 0.743. The van der Waals surface area contributed by atoms with Gasteiger partial charge in [-0.1, -0.05) is 20.3 Å². The zero-order valence-corrected chi connectivity index (χ0v) is 13.4. The van der Waals surface area contributed by atoms with Crippen LogP contribution in [0.3, 0.4) is 0 Å². The summed E-state index contributed by atoms with van der Waals surface area (Å²) < 4.78 is 0. The second kappa shape index (κ2) is 7.54. The van der Waals surface area contributed by atoms with Crippen LogP contribution in [0.4, 0.5) is 5.95 Å². The number of nitrogens with one attached hydrogen (secondary N) is 1. The Hall–Kier alpha value is -1.69. The fourth-order valence-electron chi connectivity index (χ4n) is 2.88. The summed E-state index contributed by atoms with van der Waals surface area (Å²) in [4.78, 5) is 20.2. The molecule has 1 heterocycles. The molecule has 1 aliphatic carbocycles. The highest BCUT2D eigenvalue weighted by molar-refractivity contribution is 5.93. The molecule has 1 amide bonds. The average Bonchev–Trinajstić information content (AvgIpc) is 2.45. The van der Waals surface area contributed by atoms with Crippen molar-refractivity contribution in [1.82, 2.24) is 9.97 Å². The highest BCUT2D eigenvalue weighted by atomic mass is 16.3. The van der Waals surface area contributed by atoms with Gasteiger partial charge in [-0.05, 0) is 37.5 Å². The van der Waals surface area contributed by atoms with Gasteiger partial charge < -0.3 is 16.2 Å². The minimum Gasteiger partial charge on any atom is -0.393 e. The molecule has 1 unspecified atom stereocenters. The van der Waals surface area contributed by atoms with Gasteiger partial charge in [0.05, 0.1) is 17.4 Å². The summed E-state index contributed by atoms with van der Waals surface area (Å²) in [7, 11) is 0. The first kappa shape index (κ1) is 16.7. The van der Waals surface area contributed by atoms with E-state index in [1.165, 1.54) is 6.20 Å². The predicted molar refractivity (Wildman–Crippen MR) is 85.5 cm³/mol. The number of hydrogen-bond donors (Lipinski definition) is 3. The Morgan fingerprint density at radius 1 is 1.50 bits per heavy atom. The van der Waals surface area contributed by atoms with Crippen LogP contribution in [0.25, 0.3) is 0 Å². The van der Waals surface area contributed by atoms with Crippen molar-refractivity contribution in [1.29, 1.82) is 0 Å². The second-order valence-corrected chi connectivity index (χ2v) is 6.58. The molecule has 2 atom stereocenters. The Morgan fingerprint density at radius 3 is 2.91 bits per heavy atom. The topological polar surface area (TPSA) is 101 Å². The van der Waals surface area contributed by atoms with Crippen molar-refractivity contribution in [3.8, 4) is 0 Å². The van der Waals surface area contributed by atoms with Crippen molar-refractivity contribution in [2.24, 2.45) is 17.6 Å². The van der Waals surface area contributed by atoms with Crippen LogP contribution in [-0.2, 0) is 6.42 Å². The maximum atomic E-state index is 11.6. The van der Waals surface area contributed by atoms with Crippen LogP contribution in [0, 0.1) is 11.8 Å². The van der Waals surface area contributed by atoms with Crippen molar-refractivity contribution >= 4 is 11.9 Å². The van der Waals surface area contributed by atoms with Gasteiger partial charge in [-0.3, -0.25) is 4.79 Å². The van der Waals surface area contributed by atoms with E-state index in [0.717, 1.165) is 32.2 Å². The number of anilines is 1. The maximum Gasteiger partial charge on any atom is 0.252 e. The maximum absolute atomic E-state index is 11.6. The van der Waals surface area contributed by atoms with E-state index < -0.39 is 5.91 Å². The molecule has 0 spiro atoms. The van der Waals surface area contributed by atoms with E-state index >= 15 is 0 Å². The Balaban J connectivity index is 2.14. The van der Waals surface area contributed by atoms with Gasteiger partial charge in [-0.2, -0.15) is 0 Å². The molecule has 2 rings (SSSR count). The molecule has 22 heavy (non-hydrogen) atoms. The van der Waals surface area contributed by atoms with Crippen LogP contribution in [0.5, 0.6) is 0 Å². The molecule has 0 aliphatic heterocycles. The Labute approximate surface area is 131 Å². The molecule has 6 heteroatoms. The van der Waals surface area contributed by atoms with E-state index in [-0.39, 0.29) is 6.10 Å². The van der Waals surface area contributed by atoms with Gasteiger partial charge in [-0.15, -0.1) is 0 Å². The Bertz CT molecular complexity index is 519. The van der Waals surface area contributed by atoms with Crippen molar-refractivity contribution < 1.29 is 9.90 Å². The third-order valence-corrected chi connectivity index (χ3v) is 4.04. The summed E-state index contributed by atoms with van der Waals surface area (Å²) in [5.74, 6) is 0.859. The first-order valence-electron chi connectivity index (χ1n) is 8.03. The Kier molecular flexibility index (Phi) is 5.71. The van der Waals surface area contributed by atoms with Gasteiger partial charge in [0.25, 0.3) is 5.91 Å². The fourth-order valence-corrected chi connectivity index (χ4v) is 2.88. The van der Waals surface area contributed by atoms with E-state index in [1.807, 2.05) is 0 Å². The number of aromatic nitrogens is 2. The SMILES string of the molecule is CC(C)CNc1ncc(C(N)=O)c(CC2CCC[C@H](O)C2)n1. The number of nitrogens with two attached hydrogens (primary N) is 1. The van der Waals surface area contributed by atoms with E-state index in [1.54, 1.807) is 0 Å². The molecule has 1 aromatic rings. The van der Waals surface area contributed by atoms with Gasteiger partial charge >= 0.3 is 0 Å². The van der Waals surface area contributed by atoms with Crippen molar-refractivity contribution in [3.05, 3.63) is 17.5 Å². The number of aliphatic hydroxyl groups excluding tert-OH is 1. The lowest BCUT2D eigenvalue weighted by Crippen LogP contribution is -2.24. The normalized spacial score (nSPS) is 21.8. The number of nitrogens with zero attached hydrogens (tertiary/aromatic N) is 2. The van der Waals surface area contributed by atoms with E-state index in [0.29, 0.717) is 35.5 Å². The lowest BCUT2D eigenvalue weighted by molar-refractivity contribution is 0.0987. The summed E-state index contributed by atoms with van der Waals surface area (Å²) >= 11 is 0. The van der Waals surface area contributed by atoms with Crippen molar-refractivity contribution in [3.63, 3.8) is 0 Å². The molecule has 0 radical (unpaired) electrons. The lowest BCUT2D eigenvalue weighted by Gasteiger charge is -2.26. The number of hydrogen-bond acceptors (Lipinski definition) is 5. The van der Waals surface area contributed by atoms with E-state index in [2.05, 4.69) is 29.1 Å². The smallest absolute Gasteiger partial charge is 0.252 e. The van der Waals surface area contributed by atoms with Crippen LogP contribution >= 0.6 is 0 Å². The largest absolute Gasteiger partial charge is 0.393 e. The number of rotatable bonds is 6. The molecule has 6 nitrogen and oxygen atoms in total. The highest BCUT2D eigenvalue weighted by Gasteiger charge is 2.23. The summed E-state index contributed by atoms with van der Waals surface area (Å²) in [6, 6.07) is 0. The summed E-state index contributed by atoms with van der Waals surface area (Å²) in [6.45, 7) is 4.99. The van der Waals surface area contributed by atoms with E-state index in [4.69, 9.17) is 5.73 Å². The highest BCUT2D eigenvalue weighted by Crippen LogP contribution is 2.27. The zero-order valence-electron chi connectivity index (χ0n) is 13.4. The minimum absolute atomic E-state index is 0.240. The summed E-state index contributed by atoms with van der Waals surface area (Å²) in [5, 5.41) is 13.0. The van der Waals surface area contributed by atoms with Crippen molar-refractivity contribution in [2.75, 3.05) is 11.9 Å². The van der Waals surface area contributed by atoms with Gasteiger partial charge in [0, 0.05) is 12.7 Å². The summed E-state index contributed by atoms with van der Waals surface area (Å²) in [6.07, 6.45) is 5.62. The predicted octanol–water partition coefficient (Wildman–Crippen LogP) is 1.74. The van der Waals surface area contributed by atoms with Gasteiger partial charge in [0.1, 0.15) is 0 Å². The van der Waals surface area contributed by atoms with Crippen LogP contribution in [0.15, 0.2) is 6.20 Å². The minimum atomic E-state index is -0.498. The third kappa shape index (κ3) is 4.66. The van der Waals surface area contributed by atoms with Gasteiger partial charge in [0.2, 0.25) is 5.95 Å². The number of carbonyl (C=O) groups excluding carboxylic acids is 1. The van der Waals surface area contributed by atoms with Crippen LogP contribution < -0.4 is 11.1 Å². The van der Waals surface area contributed by atoms with Gasteiger partial charge in [0.15, 0.2) is 0 Å². The molecule has 0 aromatic carbocycles. The molecule has 4 N–H and O–H groups in total. The number of aliphatic hydroxyl groups is 1. The third-order valence-electron chi connectivity index (χ3n) is 4.04. The molecular formula is C16H26N4O2. The first-order valence-corrected chi connectivity index (χ1v) is 8.03. The zero-order chi connectivity index (χ0) is 16.1. The number of primary amides is 1. The standard InChI is InChI=1S/C16H26N4O2/c1-10(2)8-18-16-19-9-13(15(17)22)14(20-16)7-11-4-3-5-12(21)6-11/h9-12,21H,3-8H2,1-2H3,(H2,17,22)(H,18,19,20)/t11?,12-/m0/s1. The molecule has 1 aromatic heterocycles. The molecule has 122 valence electrons. The molecule has 1 aliphatic rings. The molecule has 0 bridgehead atoms. The molecule has 0 saturated heterocycles. The second-order valence-electron chi connectivity index (χ2n) is 6.58. The Morgan fingerprint density at radius 2 is 2.27 bits per heavy atom. The fraction of sp³-hybridized carbons (Fsp3) is 0.688. The first-order chi connectivity index (χ1) is 10.5. The number of amides is 1. The average molecular weight is 306 g/mol. The molecular weight excluding hydrogens is 280 g/mol. The van der Waals surface area contributed by atoms with E-state index in [9.17, 15) is 9.90 Å². The van der Waals surface area contributed by atoms with Gasteiger partial charge in [-0.25, -0.2) is 9.97 Å². The van der Waals surface area contributed by atoms with Crippen LogP contribution in [0.1, 0.15) is 55.6 Å². The summed E-state index contributed by atoms with van der Waals surface area (Å²) in [5.41, 5.74) is 6.50. The lowest BCUT2D eigenvalue weighted by atomic mass is 9.84. The number of carbonyl (C=O) groups is 1.